The summed E-state index contributed by atoms with van der Waals surface area (Å²) in [6, 6.07) is 6.84. The van der Waals surface area contributed by atoms with Gasteiger partial charge in [-0.2, -0.15) is 0 Å². The second kappa shape index (κ2) is 7.26. The third kappa shape index (κ3) is 3.70. The molecule has 1 atom stereocenters. The fraction of sp³-hybridized carbons (Fsp3) is 0.316. The first-order valence-electron chi connectivity index (χ1n) is 8.21. The number of aliphatic hydroxyl groups is 1. The van der Waals surface area contributed by atoms with Crippen LogP contribution in [0.15, 0.2) is 41.1 Å². The molecule has 0 bridgehead atoms. The number of aromatic nitrogens is 1. The van der Waals surface area contributed by atoms with Crippen LogP contribution >= 0.6 is 0 Å². The van der Waals surface area contributed by atoms with Gasteiger partial charge in [-0.25, -0.2) is 13.3 Å². The van der Waals surface area contributed by atoms with Crippen molar-refractivity contribution in [3.05, 3.63) is 53.8 Å². The Balaban J connectivity index is 2.00. The van der Waals surface area contributed by atoms with Gasteiger partial charge in [-0.15, -0.1) is 0 Å². The van der Waals surface area contributed by atoms with Gasteiger partial charge in [-0.3, -0.25) is 4.98 Å². The first-order valence-corrected chi connectivity index (χ1v) is 9.36. The maximum absolute atomic E-state index is 15.1. The van der Waals surface area contributed by atoms with E-state index in [1.165, 1.54) is 12.5 Å². The fourth-order valence-electron chi connectivity index (χ4n) is 2.60. The lowest BCUT2D eigenvalue weighted by molar-refractivity contribution is 0.282. The van der Waals surface area contributed by atoms with E-state index >= 15 is 4.39 Å². The third-order valence-corrected chi connectivity index (χ3v) is 5.49. The van der Waals surface area contributed by atoms with E-state index in [0.29, 0.717) is 22.3 Å². The smallest absolute Gasteiger partial charge is 0.154 e. The van der Waals surface area contributed by atoms with Crippen LogP contribution in [0, 0.1) is 5.82 Å². The Morgan fingerprint density at radius 3 is 2.73 bits per heavy atom. The van der Waals surface area contributed by atoms with Crippen molar-refractivity contribution in [3.63, 3.8) is 0 Å². The number of hydrogen-bond acceptors (Lipinski definition) is 4. The molecule has 0 fully saturated rings. The molecule has 1 aromatic carbocycles. The van der Waals surface area contributed by atoms with Gasteiger partial charge in [0.25, 0.3) is 0 Å². The highest BCUT2D eigenvalue weighted by Crippen LogP contribution is 2.33. The standard InChI is InChI=1S/C19H21FN2O3S/c1-19(2,3)26(24)22-10-16-17(20)14(4-6-21-16)15-9-12(11-23)8-13-5-7-25-18(13)15/h4-9,22-23H,10-11H2,1-3H3. The second-order valence-electron chi connectivity index (χ2n) is 6.96. The van der Waals surface area contributed by atoms with E-state index in [-0.39, 0.29) is 18.8 Å². The molecule has 3 rings (SSSR count). The molecule has 0 saturated carbocycles. The molecule has 0 aliphatic rings. The Morgan fingerprint density at radius 1 is 1.27 bits per heavy atom. The van der Waals surface area contributed by atoms with Gasteiger partial charge in [0.15, 0.2) is 5.82 Å². The maximum Gasteiger partial charge on any atom is 0.154 e. The number of halogens is 1. The average molecular weight is 376 g/mol. The number of nitrogens with zero attached hydrogens (tertiary/aromatic N) is 1. The first kappa shape index (κ1) is 18.7. The highest BCUT2D eigenvalue weighted by molar-refractivity contribution is 7.84. The zero-order chi connectivity index (χ0) is 18.9. The second-order valence-corrected chi connectivity index (χ2v) is 9.01. The number of benzene rings is 1. The van der Waals surface area contributed by atoms with Crippen molar-refractivity contribution in [2.75, 3.05) is 0 Å². The summed E-state index contributed by atoms with van der Waals surface area (Å²) in [6.45, 7) is 5.41. The van der Waals surface area contributed by atoms with Gasteiger partial charge in [-0.05, 0) is 50.6 Å². The number of furan rings is 1. The lowest BCUT2D eigenvalue weighted by Gasteiger charge is -2.18. The molecule has 3 aromatic rings. The molecular formula is C19H21FN2O3S. The quantitative estimate of drug-likeness (QED) is 0.712. The van der Waals surface area contributed by atoms with Gasteiger partial charge in [0.05, 0.1) is 40.8 Å². The Bertz CT molecular complexity index is 963. The highest BCUT2D eigenvalue weighted by atomic mass is 32.2. The van der Waals surface area contributed by atoms with Crippen molar-refractivity contribution in [1.82, 2.24) is 9.71 Å². The molecule has 5 nitrogen and oxygen atoms in total. The predicted octanol–water partition coefficient (Wildman–Crippen LogP) is 3.68. The molecule has 0 aliphatic carbocycles. The molecule has 138 valence electrons. The molecule has 0 amide bonds. The Kier molecular flexibility index (Phi) is 5.22. The summed E-state index contributed by atoms with van der Waals surface area (Å²) in [5, 5.41) is 10.3. The third-order valence-electron chi connectivity index (χ3n) is 3.97. The van der Waals surface area contributed by atoms with Crippen LogP contribution in [0.25, 0.3) is 22.1 Å². The summed E-state index contributed by atoms with van der Waals surface area (Å²) >= 11 is 0. The largest absolute Gasteiger partial charge is 0.464 e. The van der Waals surface area contributed by atoms with Crippen LogP contribution in [0.4, 0.5) is 4.39 Å². The van der Waals surface area contributed by atoms with E-state index in [9.17, 15) is 9.32 Å². The zero-order valence-corrected chi connectivity index (χ0v) is 15.7. The van der Waals surface area contributed by atoms with E-state index in [0.717, 1.165) is 5.39 Å². The van der Waals surface area contributed by atoms with Crippen molar-refractivity contribution < 1.29 is 18.1 Å². The number of pyridine rings is 1. The minimum atomic E-state index is -1.33. The number of hydrogen-bond donors (Lipinski definition) is 2. The molecule has 2 N–H and O–H groups in total. The molecule has 2 heterocycles. The van der Waals surface area contributed by atoms with Crippen LogP contribution in [0.3, 0.4) is 0 Å². The van der Waals surface area contributed by atoms with Crippen molar-refractivity contribution in [3.8, 4) is 11.1 Å². The van der Waals surface area contributed by atoms with E-state index < -0.39 is 21.5 Å². The van der Waals surface area contributed by atoms with Crippen molar-refractivity contribution in [2.45, 2.75) is 38.7 Å². The minimum Gasteiger partial charge on any atom is -0.464 e. The van der Waals surface area contributed by atoms with Crippen molar-refractivity contribution in [2.24, 2.45) is 0 Å². The lowest BCUT2D eigenvalue weighted by atomic mass is 10.00. The van der Waals surface area contributed by atoms with Crippen LogP contribution in [0.5, 0.6) is 0 Å². The summed E-state index contributed by atoms with van der Waals surface area (Å²) in [5.41, 5.74) is 2.26. The molecular weight excluding hydrogens is 355 g/mol. The van der Waals surface area contributed by atoms with Crippen LogP contribution in [-0.2, 0) is 24.1 Å². The minimum absolute atomic E-state index is 0.0462. The maximum atomic E-state index is 15.1. The topological polar surface area (TPSA) is 75.4 Å². The average Bonchev–Trinajstić information content (AvgIpc) is 3.07. The molecule has 26 heavy (non-hydrogen) atoms. The first-order chi connectivity index (χ1) is 12.3. The fourth-order valence-corrected chi connectivity index (χ4v) is 3.30. The molecule has 0 saturated heterocycles. The summed E-state index contributed by atoms with van der Waals surface area (Å²) < 4.78 is 35.1. The van der Waals surface area contributed by atoms with Gasteiger partial charge >= 0.3 is 0 Å². The Hall–Kier alpha value is -2.09. The molecule has 0 spiro atoms. The number of rotatable bonds is 5. The number of aliphatic hydroxyl groups excluding tert-OH is 1. The van der Waals surface area contributed by atoms with E-state index in [1.807, 2.05) is 20.8 Å². The monoisotopic (exact) mass is 376 g/mol. The van der Waals surface area contributed by atoms with Crippen LogP contribution in [0.1, 0.15) is 32.0 Å². The number of fused-ring (bicyclic) bond motifs is 1. The normalized spacial score (nSPS) is 13.3. The molecule has 7 heteroatoms. The van der Waals surface area contributed by atoms with E-state index in [4.69, 9.17) is 4.42 Å². The van der Waals surface area contributed by atoms with Crippen LogP contribution in [-0.4, -0.2) is 19.0 Å². The van der Waals surface area contributed by atoms with Crippen LogP contribution in [0.2, 0.25) is 0 Å². The summed E-state index contributed by atoms with van der Waals surface area (Å²) in [4.78, 5) is 4.08. The van der Waals surface area contributed by atoms with Gasteiger partial charge in [0.2, 0.25) is 0 Å². The van der Waals surface area contributed by atoms with E-state index in [2.05, 4.69) is 9.71 Å². The van der Waals surface area contributed by atoms with Crippen molar-refractivity contribution in [1.29, 1.82) is 0 Å². The highest BCUT2D eigenvalue weighted by Gasteiger charge is 2.21. The SMILES string of the molecule is CC(C)(C)S(=O)NCc1nccc(-c2cc(CO)cc3ccoc23)c1F. The summed E-state index contributed by atoms with van der Waals surface area (Å²) in [7, 11) is -1.33. The molecule has 2 aromatic heterocycles. The van der Waals surface area contributed by atoms with Gasteiger partial charge in [-0.1, -0.05) is 0 Å². The Labute approximate surface area is 153 Å². The molecule has 0 aliphatic heterocycles. The van der Waals surface area contributed by atoms with Gasteiger partial charge in [0, 0.05) is 22.7 Å². The summed E-state index contributed by atoms with van der Waals surface area (Å²) in [6.07, 6.45) is 3.04. The van der Waals surface area contributed by atoms with Gasteiger partial charge in [0.1, 0.15) is 5.58 Å². The summed E-state index contributed by atoms with van der Waals surface area (Å²) in [5.74, 6) is -0.501. The number of nitrogens with one attached hydrogen (secondary N) is 1. The van der Waals surface area contributed by atoms with E-state index in [1.54, 1.807) is 24.3 Å². The molecule has 1 unspecified atom stereocenters. The van der Waals surface area contributed by atoms with Crippen molar-refractivity contribution >= 4 is 22.0 Å². The predicted molar refractivity (Wildman–Crippen MR) is 100 cm³/mol. The van der Waals surface area contributed by atoms with Gasteiger partial charge < -0.3 is 9.52 Å². The lowest BCUT2D eigenvalue weighted by Crippen LogP contribution is -2.33. The Morgan fingerprint density at radius 2 is 2.04 bits per heavy atom. The molecule has 0 radical (unpaired) electrons. The van der Waals surface area contributed by atoms with Crippen LogP contribution < -0.4 is 4.72 Å². The zero-order valence-electron chi connectivity index (χ0n) is 14.9.